The minimum atomic E-state index is 0.643. The van der Waals surface area contributed by atoms with Gasteiger partial charge in [0.25, 0.3) is 0 Å². The zero-order valence-corrected chi connectivity index (χ0v) is 23.3. The Balaban J connectivity index is 1.35. The molecule has 202 valence electrons. The first kappa shape index (κ1) is 24.9. The van der Waals surface area contributed by atoms with Crippen LogP contribution in [0.1, 0.15) is 0 Å². The molecule has 0 spiro atoms. The molecular weight excluding hydrogens is 524 g/mol. The second kappa shape index (κ2) is 10.5. The van der Waals surface area contributed by atoms with Crippen LogP contribution in [0.2, 0.25) is 0 Å². The van der Waals surface area contributed by atoms with Crippen molar-refractivity contribution in [3.8, 4) is 51.0 Å². The Kier molecular flexibility index (Phi) is 6.08. The van der Waals surface area contributed by atoms with Crippen LogP contribution in [0, 0.1) is 0 Å². The second-order valence-corrected chi connectivity index (χ2v) is 10.5. The SMILES string of the molecule is c1ccc(-c2cccc(-n3c4ccccc4c4ccc(-c5nc(-c6ccccc6)nc(-c6ccccc6)n5)cc43)c2)cc1. The highest BCUT2D eigenvalue weighted by Crippen LogP contribution is 2.36. The van der Waals surface area contributed by atoms with Crippen molar-refractivity contribution in [3.63, 3.8) is 0 Å². The van der Waals surface area contributed by atoms with E-state index in [0.29, 0.717) is 17.5 Å². The molecule has 0 unspecified atom stereocenters. The van der Waals surface area contributed by atoms with Crippen molar-refractivity contribution in [1.29, 1.82) is 0 Å². The topological polar surface area (TPSA) is 43.6 Å². The molecule has 43 heavy (non-hydrogen) atoms. The van der Waals surface area contributed by atoms with Crippen LogP contribution in [-0.2, 0) is 0 Å². The van der Waals surface area contributed by atoms with Crippen LogP contribution >= 0.6 is 0 Å². The predicted octanol–water partition coefficient (Wildman–Crippen LogP) is 9.64. The first-order chi connectivity index (χ1) is 21.3. The van der Waals surface area contributed by atoms with Gasteiger partial charge >= 0.3 is 0 Å². The van der Waals surface area contributed by atoms with Gasteiger partial charge in [-0.2, -0.15) is 0 Å². The number of aromatic nitrogens is 4. The number of rotatable bonds is 5. The lowest BCUT2D eigenvalue weighted by atomic mass is 10.1. The molecule has 0 radical (unpaired) electrons. The molecule has 0 bridgehead atoms. The monoisotopic (exact) mass is 550 g/mol. The fourth-order valence-electron chi connectivity index (χ4n) is 5.78. The molecule has 4 nitrogen and oxygen atoms in total. The molecule has 0 aliphatic rings. The maximum atomic E-state index is 4.98. The predicted molar refractivity (Wildman–Crippen MR) is 176 cm³/mol. The van der Waals surface area contributed by atoms with Crippen LogP contribution in [0.3, 0.4) is 0 Å². The highest BCUT2D eigenvalue weighted by molar-refractivity contribution is 6.10. The Morgan fingerprint density at radius 1 is 0.326 bits per heavy atom. The molecule has 8 aromatic rings. The maximum Gasteiger partial charge on any atom is 0.164 e. The number of para-hydroxylation sites is 1. The van der Waals surface area contributed by atoms with Gasteiger partial charge in [0.05, 0.1) is 11.0 Å². The summed E-state index contributed by atoms with van der Waals surface area (Å²) in [6.45, 7) is 0. The van der Waals surface area contributed by atoms with Crippen LogP contribution < -0.4 is 0 Å². The summed E-state index contributed by atoms with van der Waals surface area (Å²) >= 11 is 0. The third-order valence-electron chi connectivity index (χ3n) is 7.84. The van der Waals surface area contributed by atoms with Gasteiger partial charge in [-0.05, 0) is 35.4 Å². The first-order valence-electron chi connectivity index (χ1n) is 14.4. The highest BCUT2D eigenvalue weighted by Gasteiger charge is 2.16. The molecule has 6 aromatic carbocycles. The molecular formula is C39H26N4. The maximum absolute atomic E-state index is 4.98. The van der Waals surface area contributed by atoms with Crippen molar-refractivity contribution in [2.45, 2.75) is 0 Å². The van der Waals surface area contributed by atoms with E-state index < -0.39 is 0 Å². The smallest absolute Gasteiger partial charge is 0.164 e. The molecule has 2 heterocycles. The van der Waals surface area contributed by atoms with Gasteiger partial charge in [-0.1, -0.05) is 133 Å². The van der Waals surface area contributed by atoms with Crippen molar-refractivity contribution in [2.75, 3.05) is 0 Å². The zero-order valence-electron chi connectivity index (χ0n) is 23.3. The quantitative estimate of drug-likeness (QED) is 0.214. The van der Waals surface area contributed by atoms with E-state index in [9.17, 15) is 0 Å². The van der Waals surface area contributed by atoms with E-state index in [4.69, 9.17) is 15.0 Å². The van der Waals surface area contributed by atoms with E-state index >= 15 is 0 Å². The zero-order chi connectivity index (χ0) is 28.6. The summed E-state index contributed by atoms with van der Waals surface area (Å²) in [7, 11) is 0. The van der Waals surface area contributed by atoms with Crippen LogP contribution in [-0.4, -0.2) is 19.5 Å². The lowest BCUT2D eigenvalue weighted by Crippen LogP contribution is -2.00. The third-order valence-corrected chi connectivity index (χ3v) is 7.84. The number of fused-ring (bicyclic) bond motifs is 3. The average Bonchev–Trinajstić information content (AvgIpc) is 3.43. The molecule has 0 amide bonds. The van der Waals surface area contributed by atoms with Crippen LogP contribution in [0.4, 0.5) is 0 Å². The Morgan fingerprint density at radius 3 is 1.49 bits per heavy atom. The minimum absolute atomic E-state index is 0.643. The summed E-state index contributed by atoms with van der Waals surface area (Å²) < 4.78 is 2.35. The van der Waals surface area contributed by atoms with Crippen LogP contribution in [0.25, 0.3) is 72.8 Å². The van der Waals surface area contributed by atoms with Gasteiger partial charge in [-0.3, -0.25) is 0 Å². The summed E-state index contributed by atoms with van der Waals surface area (Å²) in [6, 6.07) is 54.5. The van der Waals surface area contributed by atoms with Gasteiger partial charge in [0, 0.05) is 33.2 Å². The van der Waals surface area contributed by atoms with E-state index in [1.165, 1.54) is 21.9 Å². The molecule has 0 saturated carbocycles. The van der Waals surface area contributed by atoms with Crippen molar-refractivity contribution >= 4 is 21.8 Å². The van der Waals surface area contributed by atoms with E-state index in [1.54, 1.807) is 0 Å². The van der Waals surface area contributed by atoms with E-state index in [2.05, 4.69) is 102 Å². The average molecular weight is 551 g/mol. The van der Waals surface area contributed by atoms with Gasteiger partial charge in [-0.25, -0.2) is 15.0 Å². The number of nitrogens with zero attached hydrogens (tertiary/aromatic N) is 4. The number of benzene rings is 6. The van der Waals surface area contributed by atoms with E-state index in [0.717, 1.165) is 33.4 Å². The van der Waals surface area contributed by atoms with Crippen molar-refractivity contribution in [1.82, 2.24) is 19.5 Å². The minimum Gasteiger partial charge on any atom is -0.309 e. The molecule has 0 aliphatic carbocycles. The van der Waals surface area contributed by atoms with Gasteiger partial charge < -0.3 is 4.57 Å². The van der Waals surface area contributed by atoms with Gasteiger partial charge in [0.1, 0.15) is 0 Å². The third kappa shape index (κ3) is 4.55. The largest absolute Gasteiger partial charge is 0.309 e. The summed E-state index contributed by atoms with van der Waals surface area (Å²) in [6.07, 6.45) is 0. The van der Waals surface area contributed by atoms with E-state index in [1.807, 2.05) is 60.7 Å². The van der Waals surface area contributed by atoms with Gasteiger partial charge in [-0.15, -0.1) is 0 Å². The Bertz CT molecular complexity index is 2160. The number of hydrogen-bond donors (Lipinski definition) is 0. The lowest BCUT2D eigenvalue weighted by Gasteiger charge is -2.11. The number of hydrogen-bond acceptors (Lipinski definition) is 3. The molecule has 2 aromatic heterocycles. The second-order valence-electron chi connectivity index (χ2n) is 10.5. The first-order valence-corrected chi connectivity index (χ1v) is 14.4. The molecule has 8 rings (SSSR count). The van der Waals surface area contributed by atoms with Crippen molar-refractivity contribution in [3.05, 3.63) is 158 Å². The summed E-state index contributed by atoms with van der Waals surface area (Å²) in [5.74, 6) is 1.95. The fraction of sp³-hybridized carbons (Fsp3) is 0. The Hall–Kier alpha value is -5.87. The summed E-state index contributed by atoms with van der Waals surface area (Å²) in [4.78, 5) is 14.8. The normalized spacial score (nSPS) is 11.3. The van der Waals surface area contributed by atoms with Crippen LogP contribution in [0.5, 0.6) is 0 Å². The summed E-state index contributed by atoms with van der Waals surface area (Å²) in [5, 5.41) is 2.39. The highest BCUT2D eigenvalue weighted by atomic mass is 15.0. The Labute approximate surface area is 249 Å². The standard InChI is InChI=1S/C39H26N4/c1-4-13-27(14-5-1)30-19-12-20-32(25-30)43-35-22-11-10-21-33(35)34-24-23-31(26-36(34)43)39-41-37(28-15-6-2-7-16-28)40-38(42-39)29-17-8-3-9-18-29/h1-26H. The van der Waals surface area contributed by atoms with Gasteiger partial charge in [0.2, 0.25) is 0 Å². The fourth-order valence-corrected chi connectivity index (χ4v) is 5.78. The molecule has 0 fully saturated rings. The molecule has 0 atom stereocenters. The summed E-state index contributed by atoms with van der Waals surface area (Å²) in [5.41, 5.74) is 8.59. The van der Waals surface area contributed by atoms with Gasteiger partial charge in [0.15, 0.2) is 17.5 Å². The molecule has 0 N–H and O–H groups in total. The van der Waals surface area contributed by atoms with Crippen LogP contribution in [0.15, 0.2) is 158 Å². The molecule has 4 heteroatoms. The molecule has 0 aliphatic heterocycles. The van der Waals surface area contributed by atoms with Crippen molar-refractivity contribution in [2.24, 2.45) is 0 Å². The lowest BCUT2D eigenvalue weighted by molar-refractivity contribution is 1.07. The van der Waals surface area contributed by atoms with E-state index in [-0.39, 0.29) is 0 Å². The Morgan fingerprint density at radius 2 is 0.837 bits per heavy atom. The molecule has 0 saturated heterocycles. The van der Waals surface area contributed by atoms with Crippen molar-refractivity contribution < 1.29 is 0 Å².